The minimum Gasteiger partial charge on any atom is -0.321 e. The van der Waals surface area contributed by atoms with E-state index in [2.05, 4.69) is 31.2 Å². The van der Waals surface area contributed by atoms with E-state index in [0.29, 0.717) is 18.8 Å². The van der Waals surface area contributed by atoms with Crippen molar-refractivity contribution in [2.24, 2.45) is 5.73 Å². The van der Waals surface area contributed by atoms with Gasteiger partial charge in [0.05, 0.1) is 18.8 Å². The molecule has 0 fully saturated rings. The number of carbonyl (C=O) groups excluding carboxylic acids is 1. The van der Waals surface area contributed by atoms with Gasteiger partial charge in [-0.25, -0.2) is 19.6 Å². The van der Waals surface area contributed by atoms with Crippen molar-refractivity contribution in [3.63, 3.8) is 0 Å². The summed E-state index contributed by atoms with van der Waals surface area (Å²) in [5.74, 6) is -0.0838. The predicted octanol–water partition coefficient (Wildman–Crippen LogP) is 4.83. The molecular weight excluding hydrogens is 406 g/mol. The Kier molecular flexibility index (Phi) is 11.6. The van der Waals surface area contributed by atoms with Crippen LogP contribution >= 0.6 is 0 Å². The molecule has 0 aliphatic carbocycles. The molecule has 0 aliphatic heterocycles. The zero-order valence-corrected chi connectivity index (χ0v) is 19.6. The van der Waals surface area contributed by atoms with Crippen molar-refractivity contribution >= 4 is 5.78 Å². The summed E-state index contributed by atoms with van der Waals surface area (Å²) in [7, 11) is 0. The van der Waals surface area contributed by atoms with Gasteiger partial charge in [0, 0.05) is 12.0 Å². The maximum absolute atomic E-state index is 12.8. The molecule has 0 bridgehead atoms. The molecule has 6 heteroatoms. The smallest absolute Gasteiger partial charge is 0.164 e. The first-order valence-corrected chi connectivity index (χ1v) is 11.5. The van der Waals surface area contributed by atoms with Crippen LogP contribution in [0.4, 0.5) is 0 Å². The van der Waals surface area contributed by atoms with Crippen molar-refractivity contribution in [2.75, 3.05) is 26.4 Å². The van der Waals surface area contributed by atoms with Crippen LogP contribution in [0.1, 0.15) is 67.1 Å². The molecule has 2 aromatic carbocycles. The highest BCUT2D eigenvalue weighted by molar-refractivity contribution is 5.96. The first-order valence-electron chi connectivity index (χ1n) is 11.5. The van der Waals surface area contributed by atoms with Crippen LogP contribution in [0.15, 0.2) is 48.5 Å². The van der Waals surface area contributed by atoms with Crippen LogP contribution < -0.4 is 5.73 Å². The standard InChI is InChI=1S/C26H37NO5/c1-4-7-8-21-9-11-22(12-10-21)17-23-13-15-24(16-14-23)25(28)18-26(27,19-31-29-5-2)20-32-30-6-3/h9-16H,4-8,17-20,27H2,1-3H3. The molecule has 2 aromatic rings. The first kappa shape index (κ1) is 26.2. The normalized spacial score (nSPS) is 11.6. The number of Topliss-reactive ketones (excluding diaryl/α,β-unsaturated/α-hetero) is 1. The monoisotopic (exact) mass is 443 g/mol. The molecule has 0 heterocycles. The number of unbranched alkanes of at least 4 members (excludes halogenated alkanes) is 1. The third kappa shape index (κ3) is 9.18. The predicted molar refractivity (Wildman–Crippen MR) is 125 cm³/mol. The molecule has 2 N–H and O–H groups in total. The lowest BCUT2D eigenvalue weighted by molar-refractivity contribution is -0.326. The number of hydrogen-bond donors (Lipinski definition) is 1. The first-order chi connectivity index (χ1) is 15.5. The van der Waals surface area contributed by atoms with Gasteiger partial charge in [0.1, 0.15) is 13.2 Å². The van der Waals surface area contributed by atoms with E-state index in [4.69, 9.17) is 25.3 Å². The summed E-state index contributed by atoms with van der Waals surface area (Å²) < 4.78 is 0. The minimum atomic E-state index is -1.06. The van der Waals surface area contributed by atoms with Crippen molar-refractivity contribution < 1.29 is 24.3 Å². The number of aryl methyl sites for hydroxylation is 1. The largest absolute Gasteiger partial charge is 0.321 e. The summed E-state index contributed by atoms with van der Waals surface area (Å²) in [6.07, 6.45) is 4.42. The number of benzene rings is 2. The molecule has 0 aliphatic rings. The highest BCUT2D eigenvalue weighted by Gasteiger charge is 2.31. The van der Waals surface area contributed by atoms with E-state index in [-0.39, 0.29) is 25.4 Å². The Bertz CT molecular complexity index is 779. The summed E-state index contributed by atoms with van der Waals surface area (Å²) >= 11 is 0. The van der Waals surface area contributed by atoms with Gasteiger partial charge in [-0.2, -0.15) is 0 Å². The van der Waals surface area contributed by atoms with Gasteiger partial charge in [-0.1, -0.05) is 61.9 Å². The van der Waals surface area contributed by atoms with Gasteiger partial charge in [0.2, 0.25) is 0 Å². The maximum Gasteiger partial charge on any atom is 0.164 e. The molecule has 0 radical (unpaired) electrons. The van der Waals surface area contributed by atoms with E-state index in [9.17, 15) is 4.79 Å². The Labute approximate surface area is 191 Å². The molecule has 32 heavy (non-hydrogen) atoms. The van der Waals surface area contributed by atoms with Crippen LogP contribution in [0.5, 0.6) is 0 Å². The summed E-state index contributed by atoms with van der Waals surface area (Å²) in [4.78, 5) is 33.0. The highest BCUT2D eigenvalue weighted by atomic mass is 17.2. The fraction of sp³-hybridized carbons (Fsp3) is 0.500. The maximum atomic E-state index is 12.8. The van der Waals surface area contributed by atoms with Crippen molar-refractivity contribution in [1.29, 1.82) is 0 Å². The van der Waals surface area contributed by atoms with E-state index in [1.54, 1.807) is 0 Å². The molecular formula is C26H37NO5. The summed E-state index contributed by atoms with van der Waals surface area (Å²) in [5, 5.41) is 0. The Hall–Kier alpha value is -2.09. The molecule has 6 nitrogen and oxygen atoms in total. The zero-order valence-electron chi connectivity index (χ0n) is 19.6. The van der Waals surface area contributed by atoms with Gasteiger partial charge in [0.15, 0.2) is 5.78 Å². The van der Waals surface area contributed by atoms with Crippen LogP contribution in [-0.2, 0) is 32.4 Å². The van der Waals surface area contributed by atoms with E-state index in [1.807, 2.05) is 38.1 Å². The third-order valence-electron chi connectivity index (χ3n) is 5.13. The SMILES string of the molecule is CCCCc1ccc(Cc2ccc(C(=O)CC(N)(COOCC)COOCC)cc2)cc1. The number of rotatable bonds is 16. The quantitative estimate of drug-likeness (QED) is 0.173. The number of carbonyl (C=O) groups is 1. The molecule has 0 aromatic heterocycles. The second-order valence-corrected chi connectivity index (χ2v) is 8.09. The lowest BCUT2D eigenvalue weighted by Gasteiger charge is -2.27. The van der Waals surface area contributed by atoms with Gasteiger partial charge >= 0.3 is 0 Å². The van der Waals surface area contributed by atoms with Gasteiger partial charge in [0.25, 0.3) is 0 Å². The van der Waals surface area contributed by atoms with Crippen LogP contribution in [0, 0.1) is 0 Å². The van der Waals surface area contributed by atoms with Crippen LogP contribution in [0.25, 0.3) is 0 Å². The van der Waals surface area contributed by atoms with E-state index in [1.165, 1.54) is 24.0 Å². The van der Waals surface area contributed by atoms with Crippen LogP contribution in [-0.4, -0.2) is 37.7 Å². The lowest BCUT2D eigenvalue weighted by atomic mass is 9.92. The van der Waals surface area contributed by atoms with Crippen molar-refractivity contribution in [1.82, 2.24) is 0 Å². The molecule has 2 rings (SSSR count). The van der Waals surface area contributed by atoms with Gasteiger partial charge in [-0.05, 0) is 49.8 Å². The topological polar surface area (TPSA) is 80.0 Å². The van der Waals surface area contributed by atoms with Gasteiger partial charge < -0.3 is 5.73 Å². The Morgan fingerprint density at radius 3 is 1.78 bits per heavy atom. The Morgan fingerprint density at radius 1 is 0.781 bits per heavy atom. The second kappa shape index (κ2) is 14.1. The van der Waals surface area contributed by atoms with E-state index < -0.39 is 5.54 Å². The van der Waals surface area contributed by atoms with Crippen LogP contribution in [0.3, 0.4) is 0 Å². The average molecular weight is 444 g/mol. The number of hydrogen-bond acceptors (Lipinski definition) is 6. The van der Waals surface area contributed by atoms with E-state index in [0.717, 1.165) is 18.4 Å². The molecule has 0 spiro atoms. The molecule has 176 valence electrons. The second-order valence-electron chi connectivity index (χ2n) is 8.09. The molecule has 0 atom stereocenters. The minimum absolute atomic E-state index is 0.0198. The fourth-order valence-corrected chi connectivity index (χ4v) is 3.30. The number of nitrogens with two attached hydrogens (primary N) is 1. The Morgan fingerprint density at radius 2 is 1.28 bits per heavy atom. The zero-order chi connectivity index (χ0) is 23.2. The van der Waals surface area contributed by atoms with Crippen molar-refractivity contribution in [3.8, 4) is 0 Å². The summed E-state index contributed by atoms with van der Waals surface area (Å²) in [6, 6.07) is 16.5. The van der Waals surface area contributed by atoms with Gasteiger partial charge in [-0.3, -0.25) is 4.79 Å². The van der Waals surface area contributed by atoms with Crippen molar-refractivity contribution in [3.05, 3.63) is 70.8 Å². The van der Waals surface area contributed by atoms with E-state index >= 15 is 0 Å². The lowest BCUT2D eigenvalue weighted by Crippen LogP contribution is -2.50. The Balaban J connectivity index is 1.96. The summed E-state index contributed by atoms with van der Waals surface area (Å²) in [6.45, 7) is 6.64. The highest BCUT2D eigenvalue weighted by Crippen LogP contribution is 2.17. The molecule has 0 saturated carbocycles. The molecule has 0 saturated heterocycles. The molecule has 0 amide bonds. The average Bonchev–Trinajstić information content (AvgIpc) is 2.79. The van der Waals surface area contributed by atoms with Crippen LogP contribution in [0.2, 0.25) is 0 Å². The summed E-state index contributed by atoms with van der Waals surface area (Å²) in [5.41, 5.74) is 9.70. The fourth-order valence-electron chi connectivity index (χ4n) is 3.30. The number of ketones is 1. The third-order valence-corrected chi connectivity index (χ3v) is 5.13. The van der Waals surface area contributed by atoms with Crippen molar-refractivity contribution in [2.45, 2.75) is 58.4 Å². The van der Waals surface area contributed by atoms with Gasteiger partial charge in [-0.15, -0.1) is 0 Å². The molecule has 0 unspecified atom stereocenters.